The third-order valence-electron chi connectivity index (χ3n) is 7.05. The Morgan fingerprint density at radius 2 is 1.62 bits per heavy atom. The van der Waals surface area contributed by atoms with Crippen LogP contribution in [0.2, 0.25) is 0 Å². The topological polar surface area (TPSA) is 81.2 Å². The van der Waals surface area contributed by atoms with Crippen molar-refractivity contribution in [1.29, 1.82) is 0 Å². The third-order valence-corrected chi connectivity index (χ3v) is 8.06. The number of amides is 2. The van der Waals surface area contributed by atoms with Crippen LogP contribution in [0.1, 0.15) is 45.4 Å². The molecule has 0 bridgehead atoms. The Balaban J connectivity index is 1.10. The van der Waals surface area contributed by atoms with Crippen molar-refractivity contribution in [2.45, 2.75) is 31.8 Å². The van der Waals surface area contributed by atoms with E-state index in [1.54, 1.807) is 18.4 Å². The second kappa shape index (κ2) is 12.1. The first-order chi connectivity index (χ1) is 18.1. The van der Waals surface area contributed by atoms with Gasteiger partial charge in [-0.25, -0.2) is 4.98 Å². The molecule has 2 aromatic carbocycles. The fourth-order valence-corrected chi connectivity index (χ4v) is 6.07. The molecule has 1 aromatic heterocycles. The van der Waals surface area contributed by atoms with Gasteiger partial charge in [-0.05, 0) is 34.7 Å². The number of likely N-dealkylation sites (tertiary alicyclic amines) is 1. The molecule has 37 heavy (non-hydrogen) atoms. The average Bonchev–Trinajstić information content (AvgIpc) is 3.43. The maximum absolute atomic E-state index is 13.4. The number of nitrogens with zero attached hydrogens (tertiary/aromatic N) is 3. The molecule has 0 saturated carbocycles. The van der Waals surface area contributed by atoms with E-state index in [0.29, 0.717) is 58.3 Å². The van der Waals surface area contributed by atoms with E-state index >= 15 is 0 Å². The van der Waals surface area contributed by atoms with E-state index in [2.05, 4.69) is 36.4 Å². The summed E-state index contributed by atoms with van der Waals surface area (Å²) in [5.41, 5.74) is 2.89. The molecule has 5 rings (SSSR count). The molecular formula is C28H33N3O5S. The molecule has 0 unspecified atom stereocenters. The first-order valence-electron chi connectivity index (χ1n) is 12.8. The van der Waals surface area contributed by atoms with Gasteiger partial charge in [-0.15, -0.1) is 11.3 Å². The van der Waals surface area contributed by atoms with Gasteiger partial charge >= 0.3 is 0 Å². The summed E-state index contributed by atoms with van der Waals surface area (Å²) in [5, 5.41) is 5.37. The van der Waals surface area contributed by atoms with Gasteiger partial charge in [-0.3, -0.25) is 9.59 Å². The highest BCUT2D eigenvalue weighted by Crippen LogP contribution is 2.33. The minimum atomic E-state index is -0.0232. The Bertz CT molecular complexity index is 1200. The van der Waals surface area contributed by atoms with Crippen LogP contribution in [0.5, 0.6) is 0 Å². The van der Waals surface area contributed by atoms with Gasteiger partial charge in [-0.1, -0.05) is 36.4 Å². The normalized spacial score (nSPS) is 15.9. The number of hydrogen-bond donors (Lipinski definition) is 0. The molecule has 3 heterocycles. The number of benzene rings is 2. The lowest BCUT2D eigenvalue weighted by atomic mass is 9.95. The highest BCUT2D eigenvalue weighted by molar-refractivity contribution is 7.09. The van der Waals surface area contributed by atoms with Crippen LogP contribution in [0.4, 0.5) is 0 Å². The van der Waals surface area contributed by atoms with Crippen LogP contribution < -0.4 is 0 Å². The minimum absolute atomic E-state index is 0.00532. The van der Waals surface area contributed by atoms with Gasteiger partial charge in [0.2, 0.25) is 5.91 Å². The Morgan fingerprint density at radius 3 is 2.32 bits per heavy atom. The van der Waals surface area contributed by atoms with E-state index in [0.717, 1.165) is 17.8 Å². The van der Waals surface area contributed by atoms with E-state index in [1.165, 1.54) is 21.9 Å². The van der Waals surface area contributed by atoms with E-state index in [1.807, 2.05) is 15.2 Å². The molecule has 196 valence electrons. The van der Waals surface area contributed by atoms with Crippen LogP contribution in [0.3, 0.4) is 0 Å². The number of hydrogen-bond acceptors (Lipinski definition) is 7. The summed E-state index contributed by atoms with van der Waals surface area (Å²) in [4.78, 5) is 34.3. The van der Waals surface area contributed by atoms with E-state index in [9.17, 15) is 9.59 Å². The van der Waals surface area contributed by atoms with Gasteiger partial charge in [-0.2, -0.15) is 0 Å². The molecule has 3 aromatic rings. The molecule has 1 fully saturated rings. The maximum Gasteiger partial charge on any atom is 0.273 e. The molecular weight excluding hydrogens is 490 g/mol. The van der Waals surface area contributed by atoms with E-state index < -0.39 is 0 Å². The Hall–Kier alpha value is -2.85. The zero-order valence-electron chi connectivity index (χ0n) is 21.2. The van der Waals surface area contributed by atoms with Crippen molar-refractivity contribution in [1.82, 2.24) is 14.8 Å². The molecule has 8 nitrogen and oxygen atoms in total. The van der Waals surface area contributed by atoms with Crippen LogP contribution >= 0.6 is 11.3 Å². The Labute approximate surface area is 221 Å². The van der Waals surface area contributed by atoms with Gasteiger partial charge in [0.1, 0.15) is 12.3 Å². The number of aromatic nitrogens is 1. The summed E-state index contributed by atoms with van der Waals surface area (Å²) >= 11 is 1.55. The summed E-state index contributed by atoms with van der Waals surface area (Å²) in [6.45, 7) is 4.52. The summed E-state index contributed by atoms with van der Waals surface area (Å²) in [7, 11) is 1.63. The maximum atomic E-state index is 13.4. The standard InChI is InChI=1S/C28H33N3O5S/c1-34-12-13-35-14-15-36-18-25(32)30-10-8-21(9-11-30)27-29-24(19-37-27)28(33)31-16-22-6-2-4-20-5-3-7-23(17-31)26(20)22/h2-7,19,21H,8-18H2,1H3. The van der Waals surface area contributed by atoms with Crippen molar-refractivity contribution in [2.75, 3.05) is 53.2 Å². The number of methoxy groups -OCH3 is 1. The number of carbonyl (C=O) groups is 2. The highest BCUT2D eigenvalue weighted by Gasteiger charge is 2.28. The second-order valence-electron chi connectivity index (χ2n) is 9.48. The smallest absolute Gasteiger partial charge is 0.273 e. The molecule has 2 aliphatic rings. The quantitative estimate of drug-likeness (QED) is 0.376. The summed E-state index contributed by atoms with van der Waals surface area (Å²) in [5.74, 6) is 0.247. The number of piperidine rings is 1. The highest BCUT2D eigenvalue weighted by atomic mass is 32.1. The summed E-state index contributed by atoms with van der Waals surface area (Å²) < 4.78 is 15.7. The van der Waals surface area contributed by atoms with Gasteiger partial charge in [0.25, 0.3) is 5.91 Å². The molecule has 9 heteroatoms. The van der Waals surface area contributed by atoms with Crippen LogP contribution in [-0.2, 0) is 32.1 Å². The zero-order chi connectivity index (χ0) is 25.6. The van der Waals surface area contributed by atoms with Crippen LogP contribution in [0.25, 0.3) is 10.8 Å². The average molecular weight is 524 g/mol. The lowest BCUT2D eigenvalue weighted by molar-refractivity contribution is -0.137. The molecule has 2 aliphatic heterocycles. The number of thiazole rings is 1. The zero-order valence-corrected chi connectivity index (χ0v) is 22.0. The lowest BCUT2D eigenvalue weighted by Gasteiger charge is -2.31. The molecule has 0 aliphatic carbocycles. The predicted octanol–water partition coefficient (Wildman–Crippen LogP) is 3.84. The predicted molar refractivity (Wildman–Crippen MR) is 142 cm³/mol. The molecule has 0 atom stereocenters. The van der Waals surface area contributed by atoms with Crippen molar-refractivity contribution in [2.24, 2.45) is 0 Å². The van der Waals surface area contributed by atoms with E-state index in [-0.39, 0.29) is 24.3 Å². The van der Waals surface area contributed by atoms with Crippen LogP contribution in [0, 0.1) is 0 Å². The van der Waals surface area contributed by atoms with Gasteiger partial charge in [0.15, 0.2) is 0 Å². The fourth-order valence-electron chi connectivity index (χ4n) is 5.10. The molecule has 0 N–H and O–H groups in total. The van der Waals surface area contributed by atoms with E-state index in [4.69, 9.17) is 19.2 Å². The number of ether oxygens (including phenoxy) is 3. The van der Waals surface area contributed by atoms with Gasteiger partial charge < -0.3 is 24.0 Å². The summed E-state index contributed by atoms with van der Waals surface area (Å²) in [6, 6.07) is 12.6. The summed E-state index contributed by atoms with van der Waals surface area (Å²) in [6.07, 6.45) is 1.68. The van der Waals surface area contributed by atoms with Crippen molar-refractivity contribution in [3.63, 3.8) is 0 Å². The number of rotatable bonds is 10. The second-order valence-corrected chi connectivity index (χ2v) is 10.4. The lowest BCUT2D eigenvalue weighted by Crippen LogP contribution is -2.40. The number of carbonyl (C=O) groups excluding carboxylic acids is 2. The van der Waals surface area contributed by atoms with Gasteiger partial charge in [0.05, 0.1) is 31.4 Å². The van der Waals surface area contributed by atoms with Crippen molar-refractivity contribution in [3.05, 3.63) is 63.6 Å². The Kier molecular flexibility index (Phi) is 8.45. The SMILES string of the molecule is COCCOCCOCC(=O)N1CCC(c2nc(C(=O)N3Cc4cccc5cccc(c45)C3)cs2)CC1. The first-order valence-corrected chi connectivity index (χ1v) is 13.7. The molecule has 2 amide bonds. The molecule has 0 radical (unpaired) electrons. The van der Waals surface area contributed by atoms with Crippen molar-refractivity contribution >= 4 is 33.9 Å². The fraction of sp³-hybridized carbons (Fsp3) is 0.464. The monoisotopic (exact) mass is 523 g/mol. The minimum Gasteiger partial charge on any atom is -0.382 e. The van der Waals surface area contributed by atoms with Crippen molar-refractivity contribution < 1.29 is 23.8 Å². The largest absolute Gasteiger partial charge is 0.382 e. The molecule has 0 spiro atoms. The Morgan fingerprint density at radius 1 is 0.946 bits per heavy atom. The third kappa shape index (κ3) is 6.01. The van der Waals surface area contributed by atoms with Crippen molar-refractivity contribution in [3.8, 4) is 0 Å². The van der Waals surface area contributed by atoms with Gasteiger partial charge in [0, 0.05) is 44.6 Å². The first kappa shape index (κ1) is 25.8. The molecule has 1 saturated heterocycles. The van der Waals surface area contributed by atoms with Crippen LogP contribution in [0.15, 0.2) is 41.8 Å². The van der Waals surface area contributed by atoms with Crippen LogP contribution in [-0.4, -0.2) is 79.8 Å².